The molecule has 0 aliphatic carbocycles. The van der Waals surface area contributed by atoms with Crippen molar-refractivity contribution in [2.24, 2.45) is 0 Å². The fraction of sp³-hybridized carbons (Fsp3) is 0.167. The number of hydrogen-bond acceptors (Lipinski definition) is 3. The highest BCUT2D eigenvalue weighted by atomic mass is 35.5. The van der Waals surface area contributed by atoms with Gasteiger partial charge < -0.3 is 10.1 Å². The summed E-state index contributed by atoms with van der Waals surface area (Å²) in [7, 11) is 0. The summed E-state index contributed by atoms with van der Waals surface area (Å²) < 4.78 is 5.00. The van der Waals surface area contributed by atoms with Crippen molar-refractivity contribution in [3.63, 3.8) is 0 Å². The van der Waals surface area contributed by atoms with E-state index in [1.807, 2.05) is 0 Å². The molecule has 1 aromatic rings. The largest absolute Gasteiger partial charge is 0.419 e. The van der Waals surface area contributed by atoms with Gasteiger partial charge in [-0.15, -0.1) is 0 Å². The summed E-state index contributed by atoms with van der Waals surface area (Å²) in [5.41, 5.74) is 1.37. The van der Waals surface area contributed by atoms with E-state index in [1.54, 1.807) is 25.1 Å². The number of benzene rings is 1. The van der Waals surface area contributed by atoms with Crippen LogP contribution in [-0.2, 0) is 4.74 Å². The molecule has 0 saturated carbocycles. The fourth-order valence-electron chi connectivity index (χ4n) is 1.62. The molecule has 1 heterocycles. The lowest BCUT2D eigenvalue weighted by Gasteiger charge is -2.30. The quantitative estimate of drug-likeness (QED) is 0.631. The van der Waals surface area contributed by atoms with E-state index in [-0.39, 0.29) is 6.54 Å². The first-order valence-corrected chi connectivity index (χ1v) is 6.00. The van der Waals surface area contributed by atoms with E-state index in [1.165, 1.54) is 4.90 Å². The van der Waals surface area contributed by atoms with Crippen LogP contribution in [0.4, 0.5) is 16.2 Å². The lowest BCUT2D eigenvalue weighted by Crippen LogP contribution is -2.41. The number of hydrogen-bond donors (Lipinski definition) is 1. The first kappa shape index (κ1) is 12.9. The minimum Gasteiger partial charge on any atom is -0.415 e. The van der Waals surface area contributed by atoms with Gasteiger partial charge >= 0.3 is 6.09 Å². The Labute approximate surface area is 115 Å². The molecule has 0 fully saturated rings. The van der Waals surface area contributed by atoms with Gasteiger partial charge in [0.05, 0.1) is 23.7 Å². The first-order chi connectivity index (χ1) is 8.47. The molecule has 1 N–H and O–H groups in total. The molecule has 1 amide bonds. The normalized spacial score (nSPS) is 13.7. The van der Waals surface area contributed by atoms with Crippen molar-refractivity contribution in [1.82, 2.24) is 0 Å². The molecule has 0 unspecified atom stereocenters. The van der Waals surface area contributed by atoms with Crippen molar-refractivity contribution in [2.45, 2.75) is 6.92 Å². The van der Waals surface area contributed by atoms with E-state index in [4.69, 9.17) is 28.6 Å². The van der Waals surface area contributed by atoms with E-state index in [9.17, 15) is 4.79 Å². The monoisotopic (exact) mass is 282 g/mol. The second-order valence-corrected chi connectivity index (χ2v) is 4.80. The number of fused-ring (bicyclic) bond motifs is 1. The van der Waals surface area contributed by atoms with Crippen LogP contribution in [0.3, 0.4) is 0 Å². The van der Waals surface area contributed by atoms with Gasteiger partial charge in [0.15, 0.2) is 0 Å². The predicted octanol–water partition coefficient (Wildman–Crippen LogP) is 3.57. The maximum atomic E-state index is 11.9. The number of amides is 1. The molecule has 18 heavy (non-hydrogen) atoms. The minimum absolute atomic E-state index is 0.259. The summed E-state index contributed by atoms with van der Waals surface area (Å²) in [4.78, 5) is 13.9. The third kappa shape index (κ3) is 2.63. The predicted molar refractivity (Wildman–Crippen MR) is 76.3 cm³/mol. The van der Waals surface area contributed by atoms with Crippen LogP contribution < -0.4 is 10.2 Å². The Bertz CT molecular complexity index is 545. The average Bonchev–Trinajstić information content (AvgIpc) is 2.27. The lowest BCUT2D eigenvalue weighted by molar-refractivity contribution is 0.185. The number of anilines is 2. The van der Waals surface area contributed by atoms with Gasteiger partial charge in [-0.2, -0.15) is 0 Å². The second kappa shape index (κ2) is 4.96. The summed E-state index contributed by atoms with van der Waals surface area (Å²) in [6.07, 6.45) is -0.519. The third-order valence-corrected chi connectivity index (χ3v) is 2.77. The average molecular weight is 283 g/mol. The van der Waals surface area contributed by atoms with Gasteiger partial charge in [0.2, 0.25) is 0 Å². The van der Waals surface area contributed by atoms with Crippen LogP contribution >= 0.6 is 23.8 Å². The van der Waals surface area contributed by atoms with Crippen LogP contribution in [0.1, 0.15) is 6.92 Å². The Morgan fingerprint density at radius 3 is 3.00 bits per heavy atom. The number of halogens is 1. The van der Waals surface area contributed by atoms with E-state index >= 15 is 0 Å². The maximum absolute atomic E-state index is 11.9. The number of allylic oxidation sites excluding steroid dienone is 1. The first-order valence-electron chi connectivity index (χ1n) is 5.21. The van der Waals surface area contributed by atoms with Crippen molar-refractivity contribution in [1.29, 1.82) is 0 Å². The van der Waals surface area contributed by atoms with E-state index in [0.717, 1.165) is 5.69 Å². The topological polar surface area (TPSA) is 41.6 Å². The standard InChI is InChI=1S/C12H11ClN2O2S/c1-7(2)17-12(16)15-6-11(18)14-9-4-3-8(13)5-10(9)15/h3-5H,1,6H2,2H3,(H,14,18). The van der Waals surface area contributed by atoms with Gasteiger partial charge in [0, 0.05) is 5.02 Å². The smallest absolute Gasteiger partial charge is 0.415 e. The molecule has 1 aliphatic heterocycles. The molecular formula is C12H11ClN2O2S. The summed E-state index contributed by atoms with van der Waals surface area (Å²) >= 11 is 11.0. The zero-order chi connectivity index (χ0) is 13.3. The maximum Gasteiger partial charge on any atom is 0.419 e. The molecule has 4 nitrogen and oxygen atoms in total. The zero-order valence-corrected chi connectivity index (χ0v) is 11.3. The summed E-state index contributed by atoms with van der Waals surface area (Å²) in [6.45, 7) is 5.41. The van der Waals surface area contributed by atoms with E-state index in [2.05, 4.69) is 11.9 Å². The molecule has 0 atom stereocenters. The van der Waals surface area contributed by atoms with Crippen LogP contribution in [0.5, 0.6) is 0 Å². The molecule has 0 radical (unpaired) electrons. The van der Waals surface area contributed by atoms with Gasteiger partial charge in [-0.25, -0.2) is 4.79 Å². The number of thiocarbonyl (C=S) groups is 1. The Morgan fingerprint density at radius 2 is 2.33 bits per heavy atom. The minimum atomic E-state index is -0.519. The summed E-state index contributed by atoms with van der Waals surface area (Å²) in [5.74, 6) is 0.327. The zero-order valence-electron chi connectivity index (χ0n) is 9.70. The van der Waals surface area contributed by atoms with Crippen LogP contribution in [-0.4, -0.2) is 17.6 Å². The van der Waals surface area contributed by atoms with Gasteiger partial charge in [-0.3, -0.25) is 4.90 Å². The number of carbonyl (C=O) groups excluding carboxylic acids is 1. The molecule has 6 heteroatoms. The Kier molecular flexibility index (Phi) is 3.54. The Hall–Kier alpha value is -1.59. The van der Waals surface area contributed by atoms with Crippen LogP contribution in [0.15, 0.2) is 30.5 Å². The van der Waals surface area contributed by atoms with Gasteiger partial charge in [0.1, 0.15) is 4.99 Å². The van der Waals surface area contributed by atoms with Gasteiger partial charge in [-0.1, -0.05) is 30.4 Å². The summed E-state index contributed by atoms with van der Waals surface area (Å²) in [6, 6.07) is 5.18. The highest BCUT2D eigenvalue weighted by Gasteiger charge is 2.26. The fourth-order valence-corrected chi connectivity index (χ4v) is 2.02. The van der Waals surface area contributed by atoms with E-state index < -0.39 is 6.09 Å². The molecule has 1 aliphatic rings. The number of rotatable bonds is 1. The Balaban J connectivity index is 2.38. The van der Waals surface area contributed by atoms with Crippen molar-refractivity contribution >= 4 is 46.3 Å². The Morgan fingerprint density at radius 1 is 1.61 bits per heavy atom. The van der Waals surface area contributed by atoms with Crippen molar-refractivity contribution < 1.29 is 9.53 Å². The molecule has 0 saturated heterocycles. The van der Waals surface area contributed by atoms with Crippen molar-refractivity contribution in [2.75, 3.05) is 16.8 Å². The summed E-state index contributed by atoms with van der Waals surface area (Å²) in [5, 5.41) is 3.56. The van der Waals surface area contributed by atoms with Crippen LogP contribution in [0.2, 0.25) is 5.02 Å². The number of nitrogens with one attached hydrogen (secondary N) is 1. The van der Waals surface area contributed by atoms with Crippen molar-refractivity contribution in [3.05, 3.63) is 35.6 Å². The molecule has 2 rings (SSSR count). The number of nitrogens with zero attached hydrogens (tertiary/aromatic N) is 1. The molecule has 0 bridgehead atoms. The van der Waals surface area contributed by atoms with Crippen molar-refractivity contribution in [3.8, 4) is 0 Å². The molecule has 0 spiro atoms. The van der Waals surface area contributed by atoms with Gasteiger partial charge in [0.25, 0.3) is 0 Å². The second-order valence-electron chi connectivity index (χ2n) is 3.87. The molecule has 94 valence electrons. The molecule has 0 aromatic heterocycles. The molecular weight excluding hydrogens is 272 g/mol. The van der Waals surface area contributed by atoms with Crippen LogP contribution in [0.25, 0.3) is 0 Å². The number of carbonyl (C=O) groups is 1. The van der Waals surface area contributed by atoms with Crippen LogP contribution in [0, 0.1) is 0 Å². The van der Waals surface area contributed by atoms with Gasteiger partial charge in [-0.05, 0) is 25.1 Å². The lowest BCUT2D eigenvalue weighted by atomic mass is 10.2. The number of ether oxygens (including phenoxy) is 1. The third-order valence-electron chi connectivity index (χ3n) is 2.31. The highest BCUT2D eigenvalue weighted by molar-refractivity contribution is 7.80. The van der Waals surface area contributed by atoms with E-state index in [0.29, 0.717) is 21.5 Å². The molecule has 1 aromatic carbocycles. The SMILES string of the molecule is C=C(C)OC(=O)N1CC(=S)Nc2ccc(Cl)cc21. The highest BCUT2D eigenvalue weighted by Crippen LogP contribution is 2.32.